The lowest BCUT2D eigenvalue weighted by Gasteiger charge is -2.15. The number of hydrogen-bond acceptors (Lipinski definition) is 3. The van der Waals surface area contributed by atoms with E-state index in [1.165, 1.54) is 11.1 Å². The summed E-state index contributed by atoms with van der Waals surface area (Å²) in [6, 6.07) is 55.0. The van der Waals surface area contributed by atoms with E-state index in [1.54, 1.807) is 0 Å². The van der Waals surface area contributed by atoms with Crippen LogP contribution in [0, 0.1) is 0 Å². The van der Waals surface area contributed by atoms with Crippen molar-refractivity contribution in [3.63, 3.8) is 0 Å². The standard InChI is InChI=1S/C42H27NO2/c1-3-10-27(11-4-1)33-15-9-17-41-42(33)37-25-29(19-23-40(37)45-41)35-26-31(43-30-12-5-2-6-13-30)20-21-32(35)28-18-22-39-36(24-28)34-14-7-8-16-38(34)44-39/h1-26,43H. The minimum absolute atomic E-state index is 0.878. The summed E-state index contributed by atoms with van der Waals surface area (Å²) in [6.07, 6.45) is 0. The average molecular weight is 578 g/mol. The van der Waals surface area contributed by atoms with Crippen molar-refractivity contribution in [1.82, 2.24) is 0 Å². The van der Waals surface area contributed by atoms with E-state index in [1.807, 2.05) is 30.3 Å². The third kappa shape index (κ3) is 4.37. The summed E-state index contributed by atoms with van der Waals surface area (Å²) in [6.45, 7) is 0. The molecular formula is C42H27NO2. The number of furan rings is 2. The largest absolute Gasteiger partial charge is 0.456 e. The zero-order valence-electron chi connectivity index (χ0n) is 24.3. The van der Waals surface area contributed by atoms with Crippen molar-refractivity contribution in [3.05, 3.63) is 158 Å². The minimum atomic E-state index is 0.878. The van der Waals surface area contributed by atoms with Crippen LogP contribution in [0.1, 0.15) is 0 Å². The Morgan fingerprint density at radius 1 is 0.333 bits per heavy atom. The summed E-state index contributed by atoms with van der Waals surface area (Å²) < 4.78 is 12.5. The van der Waals surface area contributed by atoms with Gasteiger partial charge >= 0.3 is 0 Å². The van der Waals surface area contributed by atoms with E-state index >= 15 is 0 Å². The summed E-state index contributed by atoms with van der Waals surface area (Å²) in [7, 11) is 0. The molecule has 7 aromatic carbocycles. The second-order valence-electron chi connectivity index (χ2n) is 11.4. The van der Waals surface area contributed by atoms with Gasteiger partial charge in [0.25, 0.3) is 0 Å². The number of anilines is 2. The third-order valence-corrected chi connectivity index (χ3v) is 8.66. The van der Waals surface area contributed by atoms with Crippen molar-refractivity contribution in [3.8, 4) is 33.4 Å². The van der Waals surface area contributed by atoms with Crippen LogP contribution in [0.15, 0.2) is 167 Å². The second kappa shape index (κ2) is 10.3. The number of benzene rings is 7. The van der Waals surface area contributed by atoms with Gasteiger partial charge in [0.05, 0.1) is 0 Å². The Bertz CT molecular complexity index is 2510. The lowest BCUT2D eigenvalue weighted by molar-refractivity contribution is 0.668. The first-order chi connectivity index (χ1) is 22.3. The molecule has 3 heteroatoms. The monoisotopic (exact) mass is 577 g/mol. The fraction of sp³-hybridized carbons (Fsp3) is 0. The van der Waals surface area contributed by atoms with Gasteiger partial charge in [-0.1, -0.05) is 97.1 Å². The molecule has 2 heterocycles. The van der Waals surface area contributed by atoms with Crippen LogP contribution in [-0.2, 0) is 0 Å². The zero-order chi connectivity index (χ0) is 29.7. The molecule has 0 aliphatic rings. The van der Waals surface area contributed by atoms with Gasteiger partial charge in [-0.15, -0.1) is 0 Å². The smallest absolute Gasteiger partial charge is 0.136 e. The molecule has 9 aromatic rings. The molecule has 2 aromatic heterocycles. The molecule has 9 rings (SSSR count). The van der Waals surface area contributed by atoms with Gasteiger partial charge < -0.3 is 14.2 Å². The van der Waals surface area contributed by atoms with E-state index in [0.29, 0.717) is 0 Å². The Labute approximate surface area is 260 Å². The number of fused-ring (bicyclic) bond motifs is 6. The van der Waals surface area contributed by atoms with E-state index in [2.05, 4.69) is 133 Å². The first-order valence-corrected chi connectivity index (χ1v) is 15.2. The van der Waals surface area contributed by atoms with Gasteiger partial charge in [-0.25, -0.2) is 0 Å². The van der Waals surface area contributed by atoms with Crippen molar-refractivity contribution in [2.24, 2.45) is 0 Å². The topological polar surface area (TPSA) is 38.3 Å². The number of rotatable bonds is 5. The average Bonchev–Trinajstić information content (AvgIpc) is 3.67. The number of hydrogen-bond donors (Lipinski definition) is 1. The van der Waals surface area contributed by atoms with Crippen molar-refractivity contribution < 1.29 is 8.83 Å². The molecule has 0 saturated carbocycles. The lowest BCUT2D eigenvalue weighted by atomic mass is 9.91. The maximum Gasteiger partial charge on any atom is 0.136 e. The van der Waals surface area contributed by atoms with Crippen LogP contribution in [0.5, 0.6) is 0 Å². The van der Waals surface area contributed by atoms with E-state index in [-0.39, 0.29) is 0 Å². The van der Waals surface area contributed by atoms with Crippen molar-refractivity contribution in [2.45, 2.75) is 0 Å². The van der Waals surface area contributed by atoms with Crippen LogP contribution >= 0.6 is 0 Å². The molecule has 0 amide bonds. The van der Waals surface area contributed by atoms with Crippen LogP contribution in [0.4, 0.5) is 11.4 Å². The molecule has 0 fully saturated rings. The van der Waals surface area contributed by atoms with Gasteiger partial charge in [0.1, 0.15) is 22.3 Å². The quantitative estimate of drug-likeness (QED) is 0.221. The van der Waals surface area contributed by atoms with Crippen LogP contribution < -0.4 is 5.32 Å². The first-order valence-electron chi connectivity index (χ1n) is 15.2. The summed E-state index contributed by atoms with van der Waals surface area (Å²) in [5.74, 6) is 0. The molecule has 0 aliphatic heterocycles. The zero-order valence-corrected chi connectivity index (χ0v) is 24.3. The number of nitrogens with one attached hydrogen (secondary N) is 1. The Morgan fingerprint density at radius 3 is 1.82 bits per heavy atom. The molecular weight excluding hydrogens is 550 g/mol. The van der Waals surface area contributed by atoms with Gasteiger partial charge in [0.15, 0.2) is 0 Å². The summed E-state index contributed by atoms with van der Waals surface area (Å²) in [5.41, 5.74) is 12.5. The Balaban J connectivity index is 1.26. The molecule has 212 valence electrons. The summed E-state index contributed by atoms with van der Waals surface area (Å²) >= 11 is 0. The second-order valence-corrected chi connectivity index (χ2v) is 11.4. The molecule has 0 radical (unpaired) electrons. The van der Waals surface area contributed by atoms with E-state index < -0.39 is 0 Å². The Kier molecular flexibility index (Phi) is 5.82. The maximum atomic E-state index is 6.38. The Morgan fingerprint density at radius 2 is 0.978 bits per heavy atom. The highest BCUT2D eigenvalue weighted by Gasteiger charge is 2.17. The maximum absolute atomic E-state index is 6.38. The van der Waals surface area contributed by atoms with E-state index in [9.17, 15) is 0 Å². The molecule has 0 aliphatic carbocycles. The van der Waals surface area contributed by atoms with Crippen molar-refractivity contribution >= 4 is 55.3 Å². The minimum Gasteiger partial charge on any atom is -0.456 e. The molecule has 0 unspecified atom stereocenters. The van der Waals surface area contributed by atoms with Gasteiger partial charge in [-0.3, -0.25) is 0 Å². The van der Waals surface area contributed by atoms with E-state index in [0.717, 1.165) is 77.5 Å². The highest BCUT2D eigenvalue weighted by atomic mass is 16.3. The predicted octanol–water partition coefficient (Wildman–Crippen LogP) is 12.2. The molecule has 0 spiro atoms. The van der Waals surface area contributed by atoms with Gasteiger partial charge in [0, 0.05) is 32.9 Å². The molecule has 45 heavy (non-hydrogen) atoms. The van der Waals surface area contributed by atoms with Gasteiger partial charge in [-0.2, -0.15) is 0 Å². The highest BCUT2D eigenvalue weighted by Crippen LogP contribution is 2.42. The number of para-hydroxylation sites is 2. The van der Waals surface area contributed by atoms with Gasteiger partial charge in [-0.05, 0) is 94.0 Å². The third-order valence-electron chi connectivity index (χ3n) is 8.66. The van der Waals surface area contributed by atoms with Crippen LogP contribution in [0.25, 0.3) is 77.3 Å². The fourth-order valence-electron chi connectivity index (χ4n) is 6.55. The van der Waals surface area contributed by atoms with Crippen LogP contribution in [0.3, 0.4) is 0 Å². The molecule has 3 nitrogen and oxygen atoms in total. The predicted molar refractivity (Wildman–Crippen MR) is 187 cm³/mol. The summed E-state index contributed by atoms with van der Waals surface area (Å²) in [5, 5.41) is 8.07. The lowest BCUT2D eigenvalue weighted by Crippen LogP contribution is -1.93. The Hall–Kier alpha value is -6.06. The molecule has 1 N–H and O–H groups in total. The van der Waals surface area contributed by atoms with Crippen LogP contribution in [-0.4, -0.2) is 0 Å². The normalized spacial score (nSPS) is 11.6. The van der Waals surface area contributed by atoms with Crippen LogP contribution in [0.2, 0.25) is 0 Å². The van der Waals surface area contributed by atoms with E-state index in [4.69, 9.17) is 8.83 Å². The van der Waals surface area contributed by atoms with Crippen molar-refractivity contribution in [1.29, 1.82) is 0 Å². The fourth-order valence-corrected chi connectivity index (χ4v) is 6.55. The molecule has 0 bridgehead atoms. The molecule has 0 saturated heterocycles. The van der Waals surface area contributed by atoms with Crippen molar-refractivity contribution in [2.75, 3.05) is 5.32 Å². The van der Waals surface area contributed by atoms with Gasteiger partial charge in [0.2, 0.25) is 0 Å². The summed E-state index contributed by atoms with van der Waals surface area (Å²) in [4.78, 5) is 0. The first kappa shape index (κ1) is 25.4. The molecule has 0 atom stereocenters. The SMILES string of the molecule is c1ccc(Nc2ccc(-c3ccc4oc5ccccc5c4c3)c(-c3ccc4oc5cccc(-c6ccccc6)c5c4c3)c2)cc1. The highest BCUT2D eigenvalue weighted by molar-refractivity contribution is 6.14.